The highest BCUT2D eigenvalue weighted by Gasteiger charge is 2.14. The zero-order valence-corrected chi connectivity index (χ0v) is 11.7. The van der Waals surface area contributed by atoms with Gasteiger partial charge in [0.15, 0.2) is 0 Å². The molecular formula is C14H24N2O2. The minimum atomic E-state index is 0.115. The van der Waals surface area contributed by atoms with Crippen molar-refractivity contribution in [2.75, 3.05) is 20.8 Å². The van der Waals surface area contributed by atoms with Crippen LogP contribution in [-0.2, 0) is 0 Å². The molecule has 18 heavy (non-hydrogen) atoms. The van der Waals surface area contributed by atoms with Crippen LogP contribution in [0.1, 0.15) is 31.9 Å². The van der Waals surface area contributed by atoms with E-state index >= 15 is 0 Å². The molecule has 0 saturated heterocycles. The standard InChI is InChI=1S/C14H24N2O2/c1-5-10(2)16-14(9-15)11-6-12(17-3)8-13(7-11)18-4/h6-8,10,14,16H,5,9,15H2,1-4H3. The Morgan fingerprint density at radius 3 is 2.11 bits per heavy atom. The first kappa shape index (κ1) is 14.8. The molecule has 0 heterocycles. The van der Waals surface area contributed by atoms with Crippen molar-refractivity contribution in [2.45, 2.75) is 32.4 Å². The third kappa shape index (κ3) is 3.89. The monoisotopic (exact) mass is 252 g/mol. The lowest BCUT2D eigenvalue weighted by atomic mass is 10.0. The molecule has 102 valence electrons. The molecule has 0 bridgehead atoms. The van der Waals surface area contributed by atoms with Gasteiger partial charge in [-0.15, -0.1) is 0 Å². The van der Waals surface area contributed by atoms with E-state index in [0.717, 1.165) is 23.5 Å². The topological polar surface area (TPSA) is 56.5 Å². The van der Waals surface area contributed by atoms with Crippen LogP contribution in [0.2, 0.25) is 0 Å². The van der Waals surface area contributed by atoms with Crippen LogP contribution in [0.25, 0.3) is 0 Å². The fourth-order valence-electron chi connectivity index (χ4n) is 1.79. The summed E-state index contributed by atoms with van der Waals surface area (Å²) in [6.45, 7) is 4.85. The second-order valence-corrected chi connectivity index (χ2v) is 4.41. The van der Waals surface area contributed by atoms with Gasteiger partial charge in [0.1, 0.15) is 11.5 Å². The van der Waals surface area contributed by atoms with Crippen molar-refractivity contribution in [1.29, 1.82) is 0 Å². The number of nitrogens with two attached hydrogens (primary N) is 1. The molecule has 1 aromatic carbocycles. The molecule has 3 N–H and O–H groups in total. The average Bonchev–Trinajstić information content (AvgIpc) is 2.43. The van der Waals surface area contributed by atoms with Crippen molar-refractivity contribution in [1.82, 2.24) is 5.32 Å². The van der Waals surface area contributed by atoms with Crippen molar-refractivity contribution >= 4 is 0 Å². The normalized spacial score (nSPS) is 14.1. The molecule has 0 aliphatic carbocycles. The van der Waals surface area contributed by atoms with E-state index in [1.54, 1.807) is 14.2 Å². The summed E-state index contributed by atoms with van der Waals surface area (Å²) in [6, 6.07) is 6.39. The van der Waals surface area contributed by atoms with Crippen molar-refractivity contribution < 1.29 is 9.47 Å². The fourth-order valence-corrected chi connectivity index (χ4v) is 1.79. The zero-order valence-electron chi connectivity index (χ0n) is 11.7. The van der Waals surface area contributed by atoms with Crippen LogP contribution in [0.5, 0.6) is 11.5 Å². The molecule has 1 rings (SSSR count). The van der Waals surface area contributed by atoms with Crippen LogP contribution < -0.4 is 20.5 Å². The second-order valence-electron chi connectivity index (χ2n) is 4.41. The minimum absolute atomic E-state index is 0.115. The van der Waals surface area contributed by atoms with Gasteiger partial charge < -0.3 is 20.5 Å². The van der Waals surface area contributed by atoms with Crippen molar-refractivity contribution in [3.63, 3.8) is 0 Å². The molecule has 0 aliphatic rings. The lowest BCUT2D eigenvalue weighted by Gasteiger charge is -2.22. The predicted molar refractivity (Wildman–Crippen MR) is 74.2 cm³/mol. The summed E-state index contributed by atoms with van der Waals surface area (Å²) < 4.78 is 10.5. The van der Waals surface area contributed by atoms with E-state index in [9.17, 15) is 0 Å². The number of nitrogens with one attached hydrogen (secondary N) is 1. The number of benzene rings is 1. The van der Waals surface area contributed by atoms with Crippen LogP contribution >= 0.6 is 0 Å². The van der Waals surface area contributed by atoms with E-state index in [0.29, 0.717) is 12.6 Å². The van der Waals surface area contributed by atoms with E-state index in [1.807, 2.05) is 18.2 Å². The van der Waals surface area contributed by atoms with Gasteiger partial charge in [0, 0.05) is 24.7 Å². The molecule has 4 heteroatoms. The van der Waals surface area contributed by atoms with Gasteiger partial charge in [-0.25, -0.2) is 0 Å². The summed E-state index contributed by atoms with van der Waals surface area (Å²) in [7, 11) is 3.30. The predicted octanol–water partition coefficient (Wildman–Crippen LogP) is 2.09. The van der Waals surface area contributed by atoms with E-state index < -0.39 is 0 Å². The minimum Gasteiger partial charge on any atom is -0.497 e. The van der Waals surface area contributed by atoms with Gasteiger partial charge in [-0.1, -0.05) is 6.92 Å². The highest BCUT2D eigenvalue weighted by atomic mass is 16.5. The third-order valence-corrected chi connectivity index (χ3v) is 3.11. The third-order valence-electron chi connectivity index (χ3n) is 3.11. The molecule has 1 aromatic rings. The lowest BCUT2D eigenvalue weighted by molar-refractivity contribution is 0.389. The Hall–Kier alpha value is -1.26. The molecule has 2 unspecified atom stereocenters. The van der Waals surface area contributed by atoms with Crippen molar-refractivity contribution in [3.8, 4) is 11.5 Å². The fraction of sp³-hybridized carbons (Fsp3) is 0.571. The van der Waals surface area contributed by atoms with Crippen molar-refractivity contribution in [2.24, 2.45) is 5.73 Å². The highest BCUT2D eigenvalue weighted by Crippen LogP contribution is 2.26. The first-order chi connectivity index (χ1) is 8.64. The number of rotatable bonds is 7. The van der Waals surface area contributed by atoms with Gasteiger partial charge in [0.2, 0.25) is 0 Å². The van der Waals surface area contributed by atoms with Crippen LogP contribution in [0.15, 0.2) is 18.2 Å². The lowest BCUT2D eigenvalue weighted by Crippen LogP contribution is -2.34. The van der Waals surface area contributed by atoms with Crippen LogP contribution in [0.4, 0.5) is 0 Å². The molecule has 2 atom stereocenters. The van der Waals surface area contributed by atoms with E-state index in [2.05, 4.69) is 19.2 Å². The largest absolute Gasteiger partial charge is 0.497 e. The molecule has 0 fully saturated rings. The van der Waals surface area contributed by atoms with E-state index in [4.69, 9.17) is 15.2 Å². The second kappa shape index (κ2) is 7.24. The first-order valence-corrected chi connectivity index (χ1v) is 6.33. The highest BCUT2D eigenvalue weighted by molar-refractivity contribution is 5.40. The summed E-state index contributed by atoms with van der Waals surface area (Å²) in [5.41, 5.74) is 6.94. The molecule has 4 nitrogen and oxygen atoms in total. The van der Waals surface area contributed by atoms with E-state index in [1.165, 1.54) is 0 Å². The molecule has 0 amide bonds. The van der Waals surface area contributed by atoms with E-state index in [-0.39, 0.29) is 6.04 Å². The summed E-state index contributed by atoms with van der Waals surface area (Å²) in [6.07, 6.45) is 1.07. The first-order valence-electron chi connectivity index (χ1n) is 6.33. The number of hydrogen-bond acceptors (Lipinski definition) is 4. The quantitative estimate of drug-likeness (QED) is 0.780. The van der Waals surface area contributed by atoms with Gasteiger partial charge in [-0.3, -0.25) is 0 Å². The summed E-state index contributed by atoms with van der Waals surface area (Å²) in [4.78, 5) is 0. The molecule has 0 aromatic heterocycles. The average molecular weight is 252 g/mol. The molecule has 0 saturated carbocycles. The summed E-state index contributed by atoms with van der Waals surface area (Å²) in [5.74, 6) is 1.57. The number of methoxy groups -OCH3 is 2. The van der Waals surface area contributed by atoms with Gasteiger partial charge in [0.05, 0.1) is 14.2 Å². The summed E-state index contributed by atoms with van der Waals surface area (Å²) in [5, 5.41) is 3.50. The van der Waals surface area contributed by atoms with Crippen molar-refractivity contribution in [3.05, 3.63) is 23.8 Å². The molecule has 0 radical (unpaired) electrons. The zero-order chi connectivity index (χ0) is 13.5. The Bertz CT molecular complexity index is 347. The maximum Gasteiger partial charge on any atom is 0.122 e. The van der Waals surface area contributed by atoms with Crippen LogP contribution in [0, 0.1) is 0 Å². The number of ether oxygens (including phenoxy) is 2. The van der Waals surface area contributed by atoms with Crippen LogP contribution in [-0.4, -0.2) is 26.8 Å². The molecule has 0 spiro atoms. The Kier molecular flexibility index (Phi) is 5.95. The Labute approximate surface area is 109 Å². The molecular weight excluding hydrogens is 228 g/mol. The van der Waals surface area contributed by atoms with Gasteiger partial charge in [-0.2, -0.15) is 0 Å². The maximum absolute atomic E-state index is 5.85. The molecule has 0 aliphatic heterocycles. The number of hydrogen-bond donors (Lipinski definition) is 2. The smallest absolute Gasteiger partial charge is 0.122 e. The van der Waals surface area contributed by atoms with Gasteiger partial charge >= 0.3 is 0 Å². The van der Waals surface area contributed by atoms with Gasteiger partial charge in [-0.05, 0) is 31.0 Å². The Morgan fingerprint density at radius 2 is 1.72 bits per heavy atom. The SMILES string of the molecule is CCC(C)NC(CN)c1cc(OC)cc(OC)c1. The maximum atomic E-state index is 5.85. The van der Waals surface area contributed by atoms with Gasteiger partial charge in [0.25, 0.3) is 0 Å². The Balaban J connectivity index is 2.96. The van der Waals surface area contributed by atoms with Crippen LogP contribution in [0.3, 0.4) is 0 Å². The summed E-state index contributed by atoms with van der Waals surface area (Å²) >= 11 is 0. The Morgan fingerprint density at radius 1 is 1.17 bits per heavy atom.